The van der Waals surface area contributed by atoms with Crippen LogP contribution in [-0.2, 0) is 18.5 Å². The van der Waals surface area contributed by atoms with Crippen molar-refractivity contribution in [2.45, 2.75) is 31.8 Å². The van der Waals surface area contributed by atoms with E-state index in [9.17, 15) is 0 Å². The molecule has 0 amide bonds. The minimum absolute atomic E-state index is 0.674. The van der Waals surface area contributed by atoms with Crippen molar-refractivity contribution in [2.24, 2.45) is 0 Å². The lowest BCUT2D eigenvalue weighted by atomic mass is 9.77. The fourth-order valence-electron chi connectivity index (χ4n) is 7.82. The summed E-state index contributed by atoms with van der Waals surface area (Å²) in [7, 11) is 0. The van der Waals surface area contributed by atoms with E-state index in [2.05, 4.69) is 156 Å². The Kier molecular flexibility index (Phi) is 9.10. The lowest BCUT2D eigenvalue weighted by Crippen LogP contribution is -2.39. The van der Waals surface area contributed by atoms with E-state index in [0.29, 0.717) is 12.4 Å². The van der Waals surface area contributed by atoms with Gasteiger partial charge in [-0.1, -0.05) is 177 Å². The van der Waals surface area contributed by atoms with Crippen LogP contribution in [0.15, 0.2) is 182 Å². The fourth-order valence-corrected chi connectivity index (χ4v) is 7.82. The smallest absolute Gasteiger partial charge is 0.184 e. The molecule has 0 aliphatic carbocycles. The Morgan fingerprint density at radius 3 is 1.75 bits per heavy atom. The number of tetrazole rings is 1. The molecule has 0 unspecified atom stereocenters. The quantitative estimate of drug-likeness (QED) is 0.125. The second-order valence-corrected chi connectivity index (χ2v) is 13.8. The van der Waals surface area contributed by atoms with Crippen molar-refractivity contribution in [2.75, 3.05) is 0 Å². The van der Waals surface area contributed by atoms with Crippen molar-refractivity contribution in [3.05, 3.63) is 210 Å². The molecule has 3 aromatic heterocycles. The summed E-state index contributed by atoms with van der Waals surface area (Å²) >= 11 is 0. The third-order valence-corrected chi connectivity index (χ3v) is 10.4. The first kappa shape index (κ1) is 33.8. The maximum atomic E-state index is 5.09. The van der Waals surface area contributed by atoms with Gasteiger partial charge in [0.2, 0.25) is 0 Å². The number of hydrogen-bond donors (Lipinski definition) is 0. The monoisotopic (exact) mass is 713 g/mol. The Hall–Kier alpha value is -6.99. The van der Waals surface area contributed by atoms with E-state index in [1.165, 1.54) is 5.56 Å². The average molecular weight is 714 g/mol. The molecule has 266 valence electrons. The summed E-state index contributed by atoms with van der Waals surface area (Å²) in [6.45, 7) is 2.90. The Labute approximate surface area is 320 Å². The molecule has 0 atom stereocenters. The van der Waals surface area contributed by atoms with Gasteiger partial charge in [0.25, 0.3) is 0 Å². The molecule has 0 aliphatic rings. The first-order valence-electron chi connectivity index (χ1n) is 18.8. The Morgan fingerprint density at radius 1 is 0.582 bits per heavy atom. The molecular formula is C48H39N7. The van der Waals surface area contributed by atoms with E-state index in [4.69, 9.17) is 20.3 Å². The molecular weight excluding hydrogens is 675 g/mol. The van der Waals surface area contributed by atoms with Gasteiger partial charge in [-0.2, -0.15) is 0 Å². The summed E-state index contributed by atoms with van der Waals surface area (Å²) in [5.41, 5.74) is 10.6. The van der Waals surface area contributed by atoms with E-state index in [0.717, 1.165) is 74.3 Å². The van der Waals surface area contributed by atoms with Gasteiger partial charge in [0.1, 0.15) is 11.4 Å². The largest absolute Gasteiger partial charge is 0.322 e. The molecule has 6 aromatic carbocycles. The van der Waals surface area contributed by atoms with Gasteiger partial charge in [-0.05, 0) is 56.3 Å². The molecule has 7 heteroatoms. The molecule has 0 N–H and O–H groups in total. The van der Waals surface area contributed by atoms with E-state index < -0.39 is 5.54 Å². The van der Waals surface area contributed by atoms with Crippen molar-refractivity contribution in [1.82, 2.24) is 34.7 Å². The Balaban J connectivity index is 1.11. The van der Waals surface area contributed by atoms with Crippen molar-refractivity contribution in [3.8, 4) is 33.8 Å². The summed E-state index contributed by atoms with van der Waals surface area (Å²) in [6, 6.07) is 61.1. The van der Waals surface area contributed by atoms with Gasteiger partial charge in [0, 0.05) is 24.1 Å². The van der Waals surface area contributed by atoms with Crippen LogP contribution in [0.2, 0.25) is 0 Å². The highest BCUT2D eigenvalue weighted by molar-refractivity contribution is 5.82. The lowest BCUT2D eigenvalue weighted by Gasteiger charge is -2.36. The SMILES string of the molecule is CCCc1nc2cc(-c3ccccc3)ncc2n1Cc1ccc(-c2ccccc2-c2nnnn2C(c2ccccc2)(c2ccccc2)c2ccccc2)cc1. The maximum absolute atomic E-state index is 5.09. The topological polar surface area (TPSA) is 74.3 Å². The van der Waals surface area contributed by atoms with Crippen LogP contribution in [0.3, 0.4) is 0 Å². The number of hydrogen-bond acceptors (Lipinski definition) is 5. The zero-order chi connectivity index (χ0) is 37.0. The second kappa shape index (κ2) is 14.8. The summed E-state index contributed by atoms with van der Waals surface area (Å²) in [5.74, 6) is 1.75. The van der Waals surface area contributed by atoms with Gasteiger partial charge in [-0.15, -0.1) is 5.10 Å². The summed E-state index contributed by atoms with van der Waals surface area (Å²) in [6.07, 6.45) is 3.88. The number of aryl methyl sites for hydroxylation is 1. The molecule has 0 spiro atoms. The van der Waals surface area contributed by atoms with E-state index in [1.807, 2.05) is 47.3 Å². The first-order valence-corrected chi connectivity index (χ1v) is 18.8. The molecule has 0 saturated heterocycles. The summed E-state index contributed by atoms with van der Waals surface area (Å²) in [4.78, 5) is 9.93. The van der Waals surface area contributed by atoms with Crippen LogP contribution in [0.5, 0.6) is 0 Å². The van der Waals surface area contributed by atoms with Crippen LogP contribution in [0.1, 0.15) is 41.4 Å². The predicted molar refractivity (Wildman–Crippen MR) is 219 cm³/mol. The number of nitrogens with zero attached hydrogens (tertiary/aromatic N) is 7. The molecule has 55 heavy (non-hydrogen) atoms. The number of fused-ring (bicyclic) bond motifs is 1. The van der Waals surface area contributed by atoms with E-state index in [1.54, 1.807) is 0 Å². The number of benzene rings is 6. The van der Waals surface area contributed by atoms with Gasteiger partial charge in [0.05, 0.1) is 22.9 Å². The average Bonchev–Trinajstić information content (AvgIpc) is 3.88. The lowest BCUT2D eigenvalue weighted by molar-refractivity contribution is 0.451. The van der Waals surface area contributed by atoms with Crippen LogP contribution in [0.4, 0.5) is 0 Å². The highest BCUT2D eigenvalue weighted by Gasteiger charge is 2.42. The minimum Gasteiger partial charge on any atom is -0.322 e. The standard InChI is InChI=1S/C48H39N7/c1-2-17-46-50-44-32-43(37-18-7-3-8-19-37)49-33-45(44)54(46)34-35-28-30-36(31-29-35)41-26-15-16-27-42(41)47-51-52-53-55(47)48(38-20-9-4-10-21-38,39-22-11-5-12-23-39)40-24-13-6-14-25-40/h3-16,18-33H,2,17,34H2,1H3. The van der Waals surface area contributed by atoms with Gasteiger partial charge < -0.3 is 4.57 Å². The Morgan fingerprint density at radius 2 is 1.15 bits per heavy atom. The molecule has 0 bridgehead atoms. The molecule has 3 heterocycles. The molecule has 0 aliphatic heterocycles. The number of imidazole rings is 1. The normalized spacial score (nSPS) is 11.6. The highest BCUT2D eigenvalue weighted by atomic mass is 15.6. The number of pyridine rings is 1. The van der Waals surface area contributed by atoms with Crippen molar-refractivity contribution >= 4 is 11.0 Å². The molecule has 9 rings (SSSR count). The van der Waals surface area contributed by atoms with E-state index in [-0.39, 0.29) is 0 Å². The molecule has 0 fully saturated rings. The third kappa shape index (κ3) is 6.19. The van der Waals surface area contributed by atoms with Gasteiger partial charge in [0.15, 0.2) is 5.82 Å². The van der Waals surface area contributed by atoms with Crippen LogP contribution >= 0.6 is 0 Å². The highest BCUT2D eigenvalue weighted by Crippen LogP contribution is 2.43. The number of rotatable bonds is 11. The van der Waals surface area contributed by atoms with Crippen LogP contribution in [0, 0.1) is 0 Å². The summed E-state index contributed by atoms with van der Waals surface area (Å²) in [5, 5.41) is 13.9. The predicted octanol–water partition coefficient (Wildman–Crippen LogP) is 10.3. The fraction of sp³-hybridized carbons (Fsp3) is 0.104. The van der Waals surface area contributed by atoms with Crippen molar-refractivity contribution in [1.29, 1.82) is 0 Å². The van der Waals surface area contributed by atoms with Crippen molar-refractivity contribution < 1.29 is 0 Å². The number of aromatic nitrogens is 7. The Bertz CT molecular complexity index is 2570. The maximum Gasteiger partial charge on any atom is 0.184 e. The minimum atomic E-state index is -0.847. The van der Waals surface area contributed by atoms with Crippen LogP contribution in [0.25, 0.3) is 44.8 Å². The third-order valence-electron chi connectivity index (χ3n) is 10.4. The van der Waals surface area contributed by atoms with E-state index >= 15 is 0 Å². The van der Waals surface area contributed by atoms with Gasteiger partial charge in [-0.3, -0.25) is 4.98 Å². The summed E-state index contributed by atoms with van der Waals surface area (Å²) < 4.78 is 4.31. The first-order chi connectivity index (χ1) is 27.2. The zero-order valence-electron chi connectivity index (χ0n) is 30.6. The molecule has 9 aromatic rings. The molecule has 0 saturated carbocycles. The van der Waals surface area contributed by atoms with Crippen molar-refractivity contribution in [3.63, 3.8) is 0 Å². The van der Waals surface area contributed by atoms with Crippen LogP contribution in [-0.4, -0.2) is 34.7 Å². The second-order valence-electron chi connectivity index (χ2n) is 13.8. The van der Waals surface area contributed by atoms with Gasteiger partial charge in [-0.25, -0.2) is 9.67 Å². The van der Waals surface area contributed by atoms with Gasteiger partial charge >= 0.3 is 0 Å². The molecule has 7 nitrogen and oxygen atoms in total. The molecule has 0 radical (unpaired) electrons. The van der Waals surface area contributed by atoms with Crippen LogP contribution < -0.4 is 0 Å². The zero-order valence-corrected chi connectivity index (χ0v) is 30.6.